The zero-order valence-electron chi connectivity index (χ0n) is 14.0. The van der Waals surface area contributed by atoms with Crippen molar-refractivity contribution in [1.29, 1.82) is 0 Å². The minimum atomic E-state index is -0.278. The molecule has 4 heterocycles. The molecule has 27 heavy (non-hydrogen) atoms. The molecule has 1 atom stereocenters. The van der Waals surface area contributed by atoms with E-state index in [9.17, 15) is 4.39 Å². The van der Waals surface area contributed by atoms with Crippen molar-refractivity contribution in [1.82, 2.24) is 30.1 Å². The Morgan fingerprint density at radius 3 is 2.70 bits per heavy atom. The Hall–Kier alpha value is -3.46. The number of fused-ring (bicyclic) bond motifs is 1. The summed E-state index contributed by atoms with van der Waals surface area (Å²) in [6, 6.07) is 9.85. The van der Waals surface area contributed by atoms with Crippen LogP contribution in [0.25, 0.3) is 23.0 Å². The molecule has 0 aliphatic carbocycles. The normalized spacial score (nSPS) is 16.3. The van der Waals surface area contributed by atoms with Gasteiger partial charge in [0.15, 0.2) is 5.69 Å². The van der Waals surface area contributed by atoms with Gasteiger partial charge in [0.1, 0.15) is 11.9 Å². The fourth-order valence-corrected chi connectivity index (χ4v) is 2.99. The fourth-order valence-electron chi connectivity index (χ4n) is 2.99. The van der Waals surface area contributed by atoms with E-state index in [1.807, 2.05) is 0 Å². The molecule has 8 nitrogen and oxygen atoms in total. The van der Waals surface area contributed by atoms with Crippen molar-refractivity contribution < 1.29 is 13.7 Å². The van der Waals surface area contributed by atoms with Gasteiger partial charge in [0.2, 0.25) is 5.82 Å². The van der Waals surface area contributed by atoms with Crippen molar-refractivity contribution in [3.05, 3.63) is 65.9 Å². The van der Waals surface area contributed by atoms with Crippen LogP contribution in [0.4, 0.5) is 4.39 Å². The smallest absolute Gasteiger partial charge is 0.280 e. The fraction of sp³-hybridized carbons (Fsp3) is 0.167. The Kier molecular flexibility index (Phi) is 3.72. The van der Waals surface area contributed by atoms with Gasteiger partial charge in [0.05, 0.1) is 18.8 Å². The van der Waals surface area contributed by atoms with E-state index in [4.69, 9.17) is 9.26 Å². The molecule has 0 saturated heterocycles. The van der Waals surface area contributed by atoms with Gasteiger partial charge in [-0.25, -0.2) is 9.07 Å². The lowest BCUT2D eigenvalue weighted by Gasteiger charge is -2.24. The van der Waals surface area contributed by atoms with E-state index in [-0.39, 0.29) is 24.4 Å². The van der Waals surface area contributed by atoms with Crippen LogP contribution in [0, 0.1) is 5.82 Å². The van der Waals surface area contributed by atoms with Crippen molar-refractivity contribution >= 4 is 0 Å². The lowest BCUT2D eigenvalue weighted by Crippen LogP contribution is -2.22. The molecule has 4 aromatic rings. The minimum absolute atomic E-state index is 0.220. The van der Waals surface area contributed by atoms with E-state index in [1.54, 1.807) is 41.3 Å². The van der Waals surface area contributed by atoms with Crippen molar-refractivity contribution in [3.63, 3.8) is 0 Å². The second kappa shape index (κ2) is 6.36. The SMILES string of the molecule is Fc1ccc([C@H]2Cn3nnc(-c4nc(-c5ccncc5)no4)c3CO2)cc1. The van der Waals surface area contributed by atoms with Gasteiger partial charge in [-0.15, -0.1) is 5.10 Å². The maximum absolute atomic E-state index is 13.1. The lowest BCUT2D eigenvalue weighted by atomic mass is 10.1. The summed E-state index contributed by atoms with van der Waals surface area (Å²) in [7, 11) is 0. The topological polar surface area (TPSA) is 91.8 Å². The molecule has 3 aromatic heterocycles. The molecular formula is C18H13FN6O2. The van der Waals surface area contributed by atoms with Gasteiger partial charge in [-0.05, 0) is 29.8 Å². The van der Waals surface area contributed by atoms with Gasteiger partial charge < -0.3 is 9.26 Å². The first-order valence-corrected chi connectivity index (χ1v) is 8.32. The number of aromatic nitrogens is 6. The predicted octanol–water partition coefficient (Wildman–Crippen LogP) is 2.80. The molecular weight excluding hydrogens is 351 g/mol. The number of halogens is 1. The average Bonchev–Trinajstić information content (AvgIpc) is 3.36. The first-order valence-electron chi connectivity index (χ1n) is 8.32. The van der Waals surface area contributed by atoms with E-state index >= 15 is 0 Å². The highest BCUT2D eigenvalue weighted by Gasteiger charge is 2.28. The van der Waals surface area contributed by atoms with Crippen LogP contribution in [0.3, 0.4) is 0 Å². The molecule has 0 spiro atoms. The van der Waals surface area contributed by atoms with Crippen molar-refractivity contribution in [2.75, 3.05) is 0 Å². The molecule has 1 aliphatic rings. The van der Waals surface area contributed by atoms with Gasteiger partial charge >= 0.3 is 0 Å². The highest BCUT2D eigenvalue weighted by Crippen LogP contribution is 2.30. The minimum Gasteiger partial charge on any atom is -0.365 e. The number of hydrogen-bond donors (Lipinski definition) is 0. The Bertz CT molecular complexity index is 1080. The van der Waals surface area contributed by atoms with E-state index in [0.717, 1.165) is 16.8 Å². The quantitative estimate of drug-likeness (QED) is 0.552. The van der Waals surface area contributed by atoms with E-state index in [1.165, 1.54) is 12.1 Å². The van der Waals surface area contributed by atoms with Crippen LogP contribution in [0.2, 0.25) is 0 Å². The molecule has 1 aromatic carbocycles. The number of hydrogen-bond acceptors (Lipinski definition) is 7. The second-order valence-corrected chi connectivity index (χ2v) is 6.08. The highest BCUT2D eigenvalue weighted by molar-refractivity contribution is 5.58. The molecule has 0 unspecified atom stereocenters. The molecule has 5 rings (SSSR count). The summed E-state index contributed by atoms with van der Waals surface area (Å²) in [6.07, 6.45) is 3.10. The second-order valence-electron chi connectivity index (χ2n) is 6.08. The third kappa shape index (κ3) is 2.87. The molecule has 0 fully saturated rings. The van der Waals surface area contributed by atoms with Crippen LogP contribution in [0.15, 0.2) is 53.3 Å². The molecule has 0 N–H and O–H groups in total. The number of pyridine rings is 1. The van der Waals surface area contributed by atoms with Crippen LogP contribution in [-0.4, -0.2) is 30.1 Å². The summed E-state index contributed by atoms with van der Waals surface area (Å²) in [5.41, 5.74) is 2.95. The van der Waals surface area contributed by atoms with Crippen LogP contribution < -0.4 is 0 Å². The monoisotopic (exact) mass is 364 g/mol. The molecule has 134 valence electrons. The van der Waals surface area contributed by atoms with Crippen molar-refractivity contribution in [2.24, 2.45) is 0 Å². The third-order valence-electron chi connectivity index (χ3n) is 4.41. The summed E-state index contributed by atoms with van der Waals surface area (Å²) >= 11 is 0. The third-order valence-corrected chi connectivity index (χ3v) is 4.41. The zero-order chi connectivity index (χ0) is 18.2. The molecule has 9 heteroatoms. The first-order chi connectivity index (χ1) is 13.3. The Balaban J connectivity index is 1.42. The van der Waals surface area contributed by atoms with Gasteiger partial charge in [-0.3, -0.25) is 4.98 Å². The summed E-state index contributed by atoms with van der Waals surface area (Å²) in [4.78, 5) is 8.37. The van der Waals surface area contributed by atoms with Crippen molar-refractivity contribution in [3.8, 4) is 23.0 Å². The Morgan fingerprint density at radius 2 is 1.89 bits per heavy atom. The molecule has 0 amide bonds. The summed E-state index contributed by atoms with van der Waals surface area (Å²) in [6.45, 7) is 0.761. The number of benzene rings is 1. The molecule has 0 bridgehead atoms. The summed E-state index contributed by atoms with van der Waals surface area (Å²) < 4.78 is 26.1. The number of ether oxygens (including phenoxy) is 1. The Morgan fingerprint density at radius 1 is 1.07 bits per heavy atom. The first kappa shape index (κ1) is 15.8. The average molecular weight is 364 g/mol. The van der Waals surface area contributed by atoms with Gasteiger partial charge in [0, 0.05) is 18.0 Å². The van der Waals surface area contributed by atoms with Gasteiger partial charge in [-0.2, -0.15) is 4.98 Å². The number of rotatable bonds is 3. The van der Waals surface area contributed by atoms with E-state index < -0.39 is 0 Å². The van der Waals surface area contributed by atoms with Gasteiger partial charge in [-0.1, -0.05) is 22.5 Å². The van der Waals surface area contributed by atoms with Crippen LogP contribution >= 0.6 is 0 Å². The lowest BCUT2D eigenvalue weighted by molar-refractivity contribution is -0.00120. The zero-order valence-corrected chi connectivity index (χ0v) is 14.0. The standard InChI is InChI=1S/C18H13FN6O2/c19-13-3-1-11(2-4-13)15-9-25-14(10-26-15)16(22-24-25)18-21-17(23-27-18)12-5-7-20-8-6-12/h1-8,15H,9-10H2/t15-/m1/s1. The molecule has 0 radical (unpaired) electrons. The molecule has 0 saturated carbocycles. The van der Waals surface area contributed by atoms with Crippen molar-refractivity contribution in [2.45, 2.75) is 19.3 Å². The van der Waals surface area contributed by atoms with Crippen LogP contribution in [-0.2, 0) is 17.9 Å². The molecule has 1 aliphatic heterocycles. The maximum atomic E-state index is 13.1. The highest BCUT2D eigenvalue weighted by atomic mass is 19.1. The van der Waals surface area contributed by atoms with E-state index in [2.05, 4.69) is 25.4 Å². The maximum Gasteiger partial charge on any atom is 0.280 e. The van der Waals surface area contributed by atoms with Crippen LogP contribution in [0.5, 0.6) is 0 Å². The van der Waals surface area contributed by atoms with E-state index in [0.29, 0.717) is 18.1 Å². The predicted molar refractivity (Wildman–Crippen MR) is 90.5 cm³/mol. The number of nitrogens with zero attached hydrogens (tertiary/aromatic N) is 6. The summed E-state index contributed by atoms with van der Waals surface area (Å²) in [5.74, 6) is 0.460. The summed E-state index contributed by atoms with van der Waals surface area (Å²) in [5, 5.41) is 12.4. The van der Waals surface area contributed by atoms with Gasteiger partial charge in [0.25, 0.3) is 5.89 Å². The van der Waals surface area contributed by atoms with Crippen LogP contribution in [0.1, 0.15) is 17.4 Å². The largest absolute Gasteiger partial charge is 0.365 e. The Labute approximate surface area is 152 Å².